The van der Waals surface area contributed by atoms with Crippen molar-refractivity contribution in [2.75, 3.05) is 31.6 Å². The van der Waals surface area contributed by atoms with Crippen molar-refractivity contribution in [3.05, 3.63) is 53.3 Å². The lowest BCUT2D eigenvalue weighted by molar-refractivity contribution is 0.0849. The topological polar surface area (TPSA) is 50.8 Å². The monoisotopic (exact) mass is 370 g/mol. The molecule has 0 bridgehead atoms. The Labute approximate surface area is 158 Å². The summed E-state index contributed by atoms with van der Waals surface area (Å²) >= 11 is 0. The normalized spacial score (nSPS) is 22.2. The van der Waals surface area contributed by atoms with E-state index in [9.17, 15) is 9.18 Å². The van der Waals surface area contributed by atoms with Crippen LogP contribution in [0.2, 0.25) is 0 Å². The number of hydrogen-bond acceptors (Lipinski definition) is 5. The first-order valence-corrected chi connectivity index (χ1v) is 9.21. The summed E-state index contributed by atoms with van der Waals surface area (Å²) in [4.78, 5) is 15.0. The molecule has 1 fully saturated rings. The summed E-state index contributed by atoms with van der Waals surface area (Å²) in [7, 11) is 1.42. The predicted molar refractivity (Wildman–Crippen MR) is 101 cm³/mol. The van der Waals surface area contributed by atoms with E-state index >= 15 is 0 Å². The van der Waals surface area contributed by atoms with Crippen LogP contribution in [0.5, 0.6) is 11.5 Å². The number of rotatable bonds is 3. The molecule has 0 radical (unpaired) electrons. The minimum absolute atomic E-state index is 0.0162. The number of nitrogens with one attached hydrogen (secondary N) is 1. The van der Waals surface area contributed by atoms with Crippen molar-refractivity contribution in [2.45, 2.75) is 25.5 Å². The molecular formula is C21H23FN2O3. The largest absolute Gasteiger partial charge is 0.494 e. The maximum Gasteiger partial charge on any atom is 0.170 e. The second kappa shape index (κ2) is 7.19. The van der Waals surface area contributed by atoms with Crippen LogP contribution in [-0.2, 0) is 0 Å². The second-order valence-electron chi connectivity index (χ2n) is 7.11. The molecule has 2 aliphatic rings. The molecule has 1 N–H and O–H groups in total. The van der Waals surface area contributed by atoms with Gasteiger partial charge in [0.25, 0.3) is 0 Å². The van der Waals surface area contributed by atoms with Crippen molar-refractivity contribution in [2.24, 2.45) is 0 Å². The summed E-state index contributed by atoms with van der Waals surface area (Å²) in [6.45, 7) is 4.89. The van der Waals surface area contributed by atoms with Crippen LogP contribution in [0.25, 0.3) is 0 Å². The van der Waals surface area contributed by atoms with E-state index in [0.717, 1.165) is 25.3 Å². The molecule has 0 spiro atoms. The third-order valence-corrected chi connectivity index (χ3v) is 5.19. The number of benzene rings is 2. The van der Waals surface area contributed by atoms with E-state index in [1.54, 1.807) is 12.1 Å². The highest BCUT2D eigenvalue weighted by atomic mass is 19.1. The Bertz CT molecular complexity index is 871. The molecule has 2 heterocycles. The summed E-state index contributed by atoms with van der Waals surface area (Å²) in [5.41, 5.74) is 2.27. The molecule has 2 aliphatic heterocycles. The van der Waals surface area contributed by atoms with Crippen molar-refractivity contribution >= 4 is 11.5 Å². The summed E-state index contributed by atoms with van der Waals surface area (Å²) < 4.78 is 25.0. The molecule has 5 nitrogen and oxygen atoms in total. The average molecular weight is 370 g/mol. The van der Waals surface area contributed by atoms with Gasteiger partial charge in [0.2, 0.25) is 0 Å². The van der Waals surface area contributed by atoms with Gasteiger partial charge in [-0.05, 0) is 42.8 Å². The first-order valence-electron chi connectivity index (χ1n) is 9.21. The standard InChI is InChI=1S/C21H23FN2O3/c1-13-12-24(8-7-23-13)15-4-6-19-16(10-15)18(25)11-21(27-19)14-3-5-20(26-2)17(22)9-14/h3-6,9-10,13,21,23H,7-8,11-12H2,1-2H3/t13-,21?/m1/s1. The molecule has 0 aromatic heterocycles. The molecule has 4 rings (SSSR count). The van der Waals surface area contributed by atoms with Crippen LogP contribution in [0.4, 0.5) is 10.1 Å². The summed E-state index contributed by atoms with van der Waals surface area (Å²) in [6.07, 6.45) is -0.296. The van der Waals surface area contributed by atoms with Gasteiger partial charge in [-0.15, -0.1) is 0 Å². The highest BCUT2D eigenvalue weighted by Crippen LogP contribution is 2.37. The predicted octanol–water partition coefficient (Wildman–Crippen LogP) is 3.34. The first kappa shape index (κ1) is 17.8. The van der Waals surface area contributed by atoms with Crippen LogP contribution in [0, 0.1) is 5.82 Å². The molecule has 0 amide bonds. The van der Waals surface area contributed by atoms with E-state index in [1.807, 2.05) is 18.2 Å². The highest BCUT2D eigenvalue weighted by molar-refractivity contribution is 6.01. The first-order chi connectivity index (χ1) is 13.0. The fourth-order valence-corrected chi connectivity index (χ4v) is 3.74. The van der Waals surface area contributed by atoms with Crippen LogP contribution < -0.4 is 19.7 Å². The van der Waals surface area contributed by atoms with Gasteiger partial charge in [0.1, 0.15) is 11.9 Å². The maximum absolute atomic E-state index is 14.0. The third-order valence-electron chi connectivity index (χ3n) is 5.19. The molecule has 1 saturated heterocycles. The summed E-state index contributed by atoms with van der Waals surface area (Å²) in [6, 6.07) is 10.8. The summed E-state index contributed by atoms with van der Waals surface area (Å²) in [5, 5.41) is 3.42. The number of hydrogen-bond donors (Lipinski definition) is 1. The Morgan fingerprint density at radius 1 is 1.26 bits per heavy atom. The molecule has 1 unspecified atom stereocenters. The van der Waals surface area contributed by atoms with Crippen molar-refractivity contribution in [3.8, 4) is 11.5 Å². The third kappa shape index (κ3) is 3.49. The maximum atomic E-state index is 14.0. The van der Waals surface area contributed by atoms with Crippen molar-refractivity contribution < 1.29 is 18.7 Å². The molecular weight excluding hydrogens is 347 g/mol. The van der Waals surface area contributed by atoms with Gasteiger partial charge in [0, 0.05) is 31.4 Å². The Morgan fingerprint density at radius 2 is 2.11 bits per heavy atom. The number of Topliss-reactive ketones (excluding diaryl/α,β-unsaturated/α-hetero) is 1. The second-order valence-corrected chi connectivity index (χ2v) is 7.11. The zero-order valence-electron chi connectivity index (χ0n) is 15.5. The van der Waals surface area contributed by atoms with E-state index in [2.05, 4.69) is 17.1 Å². The van der Waals surface area contributed by atoms with Crippen LogP contribution in [-0.4, -0.2) is 38.6 Å². The van der Waals surface area contributed by atoms with Crippen molar-refractivity contribution in [3.63, 3.8) is 0 Å². The van der Waals surface area contributed by atoms with Crippen LogP contribution in [0.3, 0.4) is 0 Å². The Hall–Kier alpha value is -2.60. The summed E-state index contributed by atoms with van der Waals surface area (Å²) in [5.74, 6) is 0.290. The molecule has 0 aliphatic carbocycles. The average Bonchev–Trinajstić information content (AvgIpc) is 2.67. The Kier molecular flexibility index (Phi) is 4.74. The van der Waals surface area contributed by atoms with Gasteiger partial charge in [-0.25, -0.2) is 4.39 Å². The fraction of sp³-hybridized carbons (Fsp3) is 0.381. The number of fused-ring (bicyclic) bond motifs is 1. The Balaban J connectivity index is 1.58. The van der Waals surface area contributed by atoms with Crippen molar-refractivity contribution in [1.82, 2.24) is 5.32 Å². The van der Waals surface area contributed by atoms with Gasteiger partial charge >= 0.3 is 0 Å². The lowest BCUT2D eigenvalue weighted by Crippen LogP contribution is -2.49. The number of methoxy groups -OCH3 is 1. The molecule has 2 aromatic carbocycles. The van der Waals surface area contributed by atoms with Gasteiger partial charge in [0.15, 0.2) is 17.3 Å². The van der Waals surface area contributed by atoms with Gasteiger partial charge in [-0.2, -0.15) is 0 Å². The molecule has 0 saturated carbocycles. The van der Waals surface area contributed by atoms with Gasteiger partial charge < -0.3 is 19.7 Å². The zero-order valence-corrected chi connectivity index (χ0v) is 15.5. The van der Waals surface area contributed by atoms with E-state index in [4.69, 9.17) is 9.47 Å². The minimum atomic E-state index is -0.490. The van der Waals surface area contributed by atoms with Crippen LogP contribution in [0.15, 0.2) is 36.4 Å². The number of ketones is 1. The van der Waals surface area contributed by atoms with E-state index in [0.29, 0.717) is 22.9 Å². The van der Waals surface area contributed by atoms with Gasteiger partial charge in [-0.3, -0.25) is 4.79 Å². The molecule has 2 atom stereocenters. The van der Waals surface area contributed by atoms with Crippen molar-refractivity contribution in [1.29, 1.82) is 0 Å². The van der Waals surface area contributed by atoms with Gasteiger partial charge in [-0.1, -0.05) is 6.07 Å². The minimum Gasteiger partial charge on any atom is -0.494 e. The SMILES string of the molecule is COc1ccc(C2CC(=O)c3cc(N4CCN[C@H](C)C4)ccc3O2)cc1F. The highest BCUT2D eigenvalue weighted by Gasteiger charge is 2.29. The molecule has 27 heavy (non-hydrogen) atoms. The lowest BCUT2D eigenvalue weighted by atomic mass is 9.95. The zero-order chi connectivity index (χ0) is 19.0. The number of halogens is 1. The number of carbonyl (C=O) groups excluding carboxylic acids is 1. The van der Waals surface area contributed by atoms with Crippen LogP contribution in [0.1, 0.15) is 35.4 Å². The molecule has 142 valence electrons. The number of ether oxygens (including phenoxy) is 2. The van der Waals surface area contributed by atoms with Gasteiger partial charge in [0.05, 0.1) is 19.1 Å². The number of piperazine rings is 1. The number of nitrogens with zero attached hydrogens (tertiary/aromatic N) is 1. The van der Waals surface area contributed by atoms with Crippen LogP contribution >= 0.6 is 0 Å². The number of anilines is 1. The van der Waals surface area contributed by atoms with E-state index in [-0.39, 0.29) is 18.0 Å². The van der Waals surface area contributed by atoms with E-state index < -0.39 is 11.9 Å². The molecule has 6 heteroatoms. The number of carbonyl (C=O) groups is 1. The quantitative estimate of drug-likeness (QED) is 0.898. The van der Waals surface area contributed by atoms with E-state index in [1.165, 1.54) is 13.2 Å². The lowest BCUT2D eigenvalue weighted by Gasteiger charge is -2.34. The fourth-order valence-electron chi connectivity index (χ4n) is 3.74. The Morgan fingerprint density at radius 3 is 2.85 bits per heavy atom. The smallest absolute Gasteiger partial charge is 0.170 e. The molecule has 2 aromatic rings.